The lowest BCUT2D eigenvalue weighted by molar-refractivity contribution is -0.145. The Hall–Kier alpha value is -3.48. The molecule has 0 unspecified atom stereocenters. The summed E-state index contributed by atoms with van der Waals surface area (Å²) in [4.78, 5) is 39.9. The fourth-order valence-corrected chi connectivity index (χ4v) is 2.42. The van der Waals surface area contributed by atoms with Crippen LogP contribution in [0.2, 0.25) is 0 Å². The van der Waals surface area contributed by atoms with Gasteiger partial charge in [0.05, 0.1) is 29.9 Å². The number of hydrogen-bond donors (Lipinski definition) is 0. The summed E-state index contributed by atoms with van der Waals surface area (Å²) in [6, 6.07) is 13.4. The minimum atomic E-state index is -0.554. The summed E-state index contributed by atoms with van der Waals surface area (Å²) < 4.78 is 11.0. The van der Waals surface area contributed by atoms with Gasteiger partial charge in [0, 0.05) is 0 Å². The van der Waals surface area contributed by atoms with Crippen molar-refractivity contribution in [2.45, 2.75) is 13.2 Å². The van der Waals surface area contributed by atoms with Gasteiger partial charge >= 0.3 is 11.9 Å². The standard InChI is InChI=1S/C19H16N2O5/c1-25-19(24)14-8-6-13(7-9-14)11-26-17(22)10-21-12-20-16-5-3-2-4-15(16)18(21)23/h2-9,12H,10-11H2,1H3. The Morgan fingerprint density at radius 1 is 1.08 bits per heavy atom. The van der Waals surface area contributed by atoms with Crippen molar-refractivity contribution in [2.24, 2.45) is 0 Å². The topological polar surface area (TPSA) is 87.5 Å². The van der Waals surface area contributed by atoms with Gasteiger partial charge in [0.25, 0.3) is 5.56 Å². The summed E-state index contributed by atoms with van der Waals surface area (Å²) in [6.07, 6.45) is 1.33. The van der Waals surface area contributed by atoms with Gasteiger partial charge in [-0.3, -0.25) is 14.2 Å². The van der Waals surface area contributed by atoms with Gasteiger partial charge < -0.3 is 9.47 Å². The molecule has 0 amide bonds. The molecule has 2 aromatic carbocycles. The van der Waals surface area contributed by atoms with Crippen molar-refractivity contribution < 1.29 is 19.1 Å². The maximum Gasteiger partial charge on any atom is 0.337 e. The molecular formula is C19H16N2O5. The molecule has 0 aliphatic carbocycles. The first kappa shape index (κ1) is 17.3. The number of benzene rings is 2. The van der Waals surface area contributed by atoms with Crippen molar-refractivity contribution >= 4 is 22.8 Å². The molecule has 7 heteroatoms. The number of fused-ring (bicyclic) bond motifs is 1. The second-order valence-corrected chi connectivity index (χ2v) is 5.54. The first-order chi connectivity index (χ1) is 12.6. The number of ether oxygens (including phenoxy) is 2. The van der Waals surface area contributed by atoms with Gasteiger partial charge in [0.15, 0.2) is 0 Å². The smallest absolute Gasteiger partial charge is 0.337 e. The van der Waals surface area contributed by atoms with E-state index in [9.17, 15) is 14.4 Å². The fraction of sp³-hybridized carbons (Fsp3) is 0.158. The average Bonchev–Trinajstić information content (AvgIpc) is 2.68. The van der Waals surface area contributed by atoms with E-state index >= 15 is 0 Å². The maximum atomic E-state index is 12.3. The molecule has 132 valence electrons. The molecule has 7 nitrogen and oxygen atoms in total. The zero-order valence-corrected chi connectivity index (χ0v) is 14.0. The largest absolute Gasteiger partial charge is 0.465 e. The van der Waals surface area contributed by atoms with Gasteiger partial charge in [-0.05, 0) is 29.8 Å². The summed E-state index contributed by atoms with van der Waals surface area (Å²) >= 11 is 0. The van der Waals surface area contributed by atoms with Gasteiger partial charge in [0.1, 0.15) is 13.2 Å². The molecule has 0 atom stereocenters. The van der Waals surface area contributed by atoms with Crippen molar-refractivity contribution in [3.8, 4) is 0 Å². The molecule has 1 heterocycles. The molecule has 0 saturated heterocycles. The van der Waals surface area contributed by atoms with Gasteiger partial charge in [-0.1, -0.05) is 24.3 Å². The Kier molecular flexibility index (Phi) is 5.07. The van der Waals surface area contributed by atoms with E-state index in [1.807, 2.05) is 0 Å². The van der Waals surface area contributed by atoms with E-state index in [4.69, 9.17) is 4.74 Å². The highest BCUT2D eigenvalue weighted by Gasteiger charge is 2.10. The van der Waals surface area contributed by atoms with Crippen LogP contribution in [0.4, 0.5) is 0 Å². The number of aromatic nitrogens is 2. The second-order valence-electron chi connectivity index (χ2n) is 5.54. The average molecular weight is 352 g/mol. The predicted molar refractivity (Wildman–Crippen MR) is 93.6 cm³/mol. The molecule has 0 aliphatic heterocycles. The number of para-hydroxylation sites is 1. The highest BCUT2D eigenvalue weighted by atomic mass is 16.5. The first-order valence-corrected chi connectivity index (χ1v) is 7.85. The Bertz CT molecular complexity index is 1010. The number of rotatable bonds is 5. The molecule has 3 rings (SSSR count). The summed E-state index contributed by atoms with van der Waals surface area (Å²) in [7, 11) is 1.31. The number of hydrogen-bond acceptors (Lipinski definition) is 6. The Balaban J connectivity index is 1.63. The Morgan fingerprint density at radius 3 is 2.54 bits per heavy atom. The van der Waals surface area contributed by atoms with E-state index in [1.54, 1.807) is 48.5 Å². The maximum absolute atomic E-state index is 12.3. The van der Waals surface area contributed by atoms with Crippen molar-refractivity contribution in [1.29, 1.82) is 0 Å². The number of methoxy groups -OCH3 is 1. The highest BCUT2D eigenvalue weighted by Crippen LogP contribution is 2.08. The molecule has 0 bridgehead atoms. The molecule has 0 fully saturated rings. The van der Waals surface area contributed by atoms with Gasteiger partial charge in [-0.2, -0.15) is 0 Å². The monoisotopic (exact) mass is 352 g/mol. The summed E-state index contributed by atoms with van der Waals surface area (Å²) in [5, 5.41) is 0.446. The number of carbonyl (C=O) groups excluding carboxylic acids is 2. The number of esters is 2. The van der Waals surface area contributed by atoms with Crippen LogP contribution in [0.5, 0.6) is 0 Å². The van der Waals surface area contributed by atoms with Crippen molar-refractivity contribution in [1.82, 2.24) is 9.55 Å². The van der Waals surface area contributed by atoms with Crippen LogP contribution in [0.15, 0.2) is 59.7 Å². The third-order valence-corrected chi connectivity index (χ3v) is 3.81. The summed E-state index contributed by atoms with van der Waals surface area (Å²) in [5.74, 6) is -0.988. The van der Waals surface area contributed by atoms with Crippen LogP contribution in [-0.4, -0.2) is 28.6 Å². The lowest BCUT2D eigenvalue weighted by Gasteiger charge is -2.08. The lowest BCUT2D eigenvalue weighted by Crippen LogP contribution is -2.25. The quantitative estimate of drug-likeness (QED) is 0.652. The fourth-order valence-electron chi connectivity index (χ4n) is 2.42. The van der Waals surface area contributed by atoms with Crippen LogP contribution in [-0.2, 0) is 27.4 Å². The van der Waals surface area contributed by atoms with Crippen LogP contribution < -0.4 is 5.56 Å². The first-order valence-electron chi connectivity index (χ1n) is 7.85. The van der Waals surface area contributed by atoms with Crippen molar-refractivity contribution in [3.05, 3.63) is 76.3 Å². The van der Waals surface area contributed by atoms with E-state index in [0.717, 1.165) is 5.56 Å². The lowest BCUT2D eigenvalue weighted by atomic mass is 10.1. The van der Waals surface area contributed by atoms with Crippen molar-refractivity contribution in [2.75, 3.05) is 7.11 Å². The number of nitrogens with zero attached hydrogens (tertiary/aromatic N) is 2. The van der Waals surface area contributed by atoms with E-state index in [0.29, 0.717) is 16.5 Å². The predicted octanol–water partition coefficient (Wildman–Crippen LogP) is 1.93. The van der Waals surface area contributed by atoms with Crippen LogP contribution in [0.25, 0.3) is 10.9 Å². The summed E-state index contributed by atoms with van der Waals surface area (Å²) in [5.41, 5.74) is 1.41. The molecular weight excluding hydrogens is 336 g/mol. The van der Waals surface area contributed by atoms with Crippen LogP contribution in [0.3, 0.4) is 0 Å². The SMILES string of the molecule is COC(=O)c1ccc(COC(=O)Cn2cnc3ccccc3c2=O)cc1. The molecule has 0 radical (unpaired) electrons. The minimum Gasteiger partial charge on any atom is -0.465 e. The number of carbonyl (C=O) groups is 2. The third kappa shape index (κ3) is 3.77. The molecule has 3 aromatic rings. The Labute approximate surface area is 148 Å². The normalized spacial score (nSPS) is 10.5. The van der Waals surface area contributed by atoms with Gasteiger partial charge in [-0.15, -0.1) is 0 Å². The molecule has 0 aliphatic rings. The minimum absolute atomic E-state index is 0.0377. The van der Waals surface area contributed by atoms with Crippen molar-refractivity contribution in [3.63, 3.8) is 0 Å². The van der Waals surface area contributed by atoms with Gasteiger partial charge in [0.2, 0.25) is 0 Å². The molecule has 1 aromatic heterocycles. The molecule has 0 N–H and O–H groups in total. The van der Waals surface area contributed by atoms with E-state index < -0.39 is 11.9 Å². The van der Waals surface area contributed by atoms with Crippen LogP contribution in [0.1, 0.15) is 15.9 Å². The Morgan fingerprint density at radius 2 is 1.81 bits per heavy atom. The zero-order valence-electron chi connectivity index (χ0n) is 14.0. The van der Waals surface area contributed by atoms with E-state index in [1.165, 1.54) is 18.0 Å². The van der Waals surface area contributed by atoms with Crippen LogP contribution >= 0.6 is 0 Å². The third-order valence-electron chi connectivity index (χ3n) is 3.81. The molecule has 26 heavy (non-hydrogen) atoms. The second kappa shape index (κ2) is 7.60. The highest BCUT2D eigenvalue weighted by molar-refractivity contribution is 5.89. The zero-order chi connectivity index (χ0) is 18.5. The van der Waals surface area contributed by atoms with E-state index in [2.05, 4.69) is 9.72 Å². The van der Waals surface area contributed by atoms with E-state index in [-0.39, 0.29) is 18.7 Å². The molecule has 0 saturated carbocycles. The van der Waals surface area contributed by atoms with Gasteiger partial charge in [-0.25, -0.2) is 9.78 Å². The van der Waals surface area contributed by atoms with Crippen LogP contribution in [0, 0.1) is 0 Å². The summed E-state index contributed by atoms with van der Waals surface area (Å²) in [6.45, 7) is -0.188. The molecule has 0 spiro atoms.